The minimum Gasteiger partial charge on any atom is -0.389 e. The Bertz CT molecular complexity index is 451. The van der Waals surface area contributed by atoms with Crippen molar-refractivity contribution < 1.29 is 5.11 Å². The Hall–Kier alpha value is -0.810. The lowest BCUT2D eigenvalue weighted by Crippen LogP contribution is -2.50. The first kappa shape index (κ1) is 15.6. The molecule has 112 valence electrons. The van der Waals surface area contributed by atoms with Gasteiger partial charge in [-0.15, -0.1) is 0 Å². The summed E-state index contributed by atoms with van der Waals surface area (Å²) in [5.74, 6) is 0. The van der Waals surface area contributed by atoms with Crippen LogP contribution in [0.5, 0.6) is 0 Å². The molecule has 0 radical (unpaired) electrons. The number of β-amino-alcohol motifs (C(OH)–C–C–N with tert-alkyl or cyclic N) is 1. The lowest BCUT2D eigenvalue weighted by Gasteiger charge is -2.38. The summed E-state index contributed by atoms with van der Waals surface area (Å²) < 4.78 is 0. The molecule has 0 atom stereocenters. The molecule has 0 bridgehead atoms. The second kappa shape index (κ2) is 6.31. The van der Waals surface area contributed by atoms with Crippen molar-refractivity contribution in [3.8, 4) is 0 Å². The number of benzene rings is 1. The van der Waals surface area contributed by atoms with Gasteiger partial charge >= 0.3 is 0 Å². The fourth-order valence-electron chi connectivity index (χ4n) is 2.61. The molecule has 1 heterocycles. The van der Waals surface area contributed by atoms with E-state index in [1.54, 1.807) is 0 Å². The number of hydrogen-bond donors (Lipinski definition) is 2. The van der Waals surface area contributed by atoms with Gasteiger partial charge in [-0.2, -0.15) is 0 Å². The molecule has 1 aliphatic rings. The summed E-state index contributed by atoms with van der Waals surface area (Å²) >= 11 is 6.21. The molecule has 1 saturated heterocycles. The van der Waals surface area contributed by atoms with E-state index in [9.17, 15) is 5.11 Å². The average molecular weight is 298 g/mol. The summed E-state index contributed by atoms with van der Waals surface area (Å²) in [6.45, 7) is 8.71. The third-order valence-corrected chi connectivity index (χ3v) is 3.96. The quantitative estimate of drug-likeness (QED) is 0.888. The third kappa shape index (κ3) is 4.09. The highest BCUT2D eigenvalue weighted by Crippen LogP contribution is 2.24. The smallest absolute Gasteiger partial charge is 0.0718 e. The predicted octanol–water partition coefficient (Wildman–Crippen LogP) is 1.69. The predicted molar refractivity (Wildman–Crippen MR) is 84.3 cm³/mol. The Morgan fingerprint density at radius 3 is 2.40 bits per heavy atom. The number of nitrogens with two attached hydrogens (primary N) is 1. The van der Waals surface area contributed by atoms with Crippen LogP contribution in [-0.2, 0) is 6.54 Å². The molecule has 1 aromatic carbocycles. The Labute approximate surface area is 126 Å². The molecule has 1 fully saturated rings. The Balaban J connectivity index is 1.95. The SMILES string of the molecule is CC(C)(O)CN1CCN(c2ccc(CN)c(Cl)c2)CC1. The molecular weight excluding hydrogens is 274 g/mol. The normalized spacial score (nSPS) is 17.6. The number of anilines is 1. The van der Waals surface area contributed by atoms with Crippen LogP contribution < -0.4 is 10.6 Å². The Morgan fingerprint density at radius 2 is 1.90 bits per heavy atom. The molecule has 0 aliphatic carbocycles. The summed E-state index contributed by atoms with van der Waals surface area (Å²) in [4.78, 5) is 4.62. The lowest BCUT2D eigenvalue weighted by molar-refractivity contribution is 0.0345. The Kier molecular flexibility index (Phi) is 4.91. The highest BCUT2D eigenvalue weighted by Gasteiger charge is 2.23. The molecule has 1 aliphatic heterocycles. The first-order valence-corrected chi connectivity index (χ1v) is 7.45. The van der Waals surface area contributed by atoms with Gasteiger partial charge in [-0.1, -0.05) is 17.7 Å². The van der Waals surface area contributed by atoms with Crippen LogP contribution in [0, 0.1) is 0 Å². The van der Waals surface area contributed by atoms with E-state index in [1.165, 1.54) is 0 Å². The van der Waals surface area contributed by atoms with Crippen LogP contribution in [0.2, 0.25) is 5.02 Å². The number of hydrogen-bond acceptors (Lipinski definition) is 4. The van der Waals surface area contributed by atoms with E-state index in [0.717, 1.165) is 42.5 Å². The Morgan fingerprint density at radius 1 is 1.25 bits per heavy atom. The first-order chi connectivity index (χ1) is 9.39. The third-order valence-electron chi connectivity index (χ3n) is 3.60. The van der Waals surface area contributed by atoms with Crippen molar-refractivity contribution >= 4 is 17.3 Å². The molecule has 0 saturated carbocycles. The van der Waals surface area contributed by atoms with Crippen molar-refractivity contribution in [2.24, 2.45) is 5.73 Å². The van der Waals surface area contributed by atoms with Crippen LogP contribution in [0.4, 0.5) is 5.69 Å². The maximum atomic E-state index is 9.86. The zero-order valence-electron chi connectivity index (χ0n) is 12.3. The molecule has 5 heteroatoms. The topological polar surface area (TPSA) is 52.7 Å². The van der Waals surface area contributed by atoms with Gasteiger partial charge in [-0.3, -0.25) is 4.90 Å². The van der Waals surface area contributed by atoms with Crippen LogP contribution in [0.1, 0.15) is 19.4 Å². The average Bonchev–Trinajstić information content (AvgIpc) is 2.37. The van der Waals surface area contributed by atoms with Crippen LogP contribution >= 0.6 is 11.6 Å². The van der Waals surface area contributed by atoms with Gasteiger partial charge in [0, 0.05) is 50.0 Å². The molecular formula is C15H24ClN3O. The number of halogens is 1. The standard InChI is InChI=1S/C15H24ClN3O/c1-15(2,20)11-18-5-7-19(8-6-18)13-4-3-12(10-17)14(16)9-13/h3-4,9,20H,5-8,10-11,17H2,1-2H3. The maximum Gasteiger partial charge on any atom is 0.0718 e. The summed E-state index contributed by atoms with van der Waals surface area (Å²) in [6, 6.07) is 6.08. The van der Waals surface area contributed by atoms with E-state index < -0.39 is 5.60 Å². The molecule has 3 N–H and O–H groups in total. The molecule has 0 unspecified atom stereocenters. The van der Waals surface area contributed by atoms with Gasteiger partial charge in [0.25, 0.3) is 0 Å². The van der Waals surface area contributed by atoms with E-state index in [1.807, 2.05) is 26.0 Å². The van der Waals surface area contributed by atoms with Crippen LogP contribution in [0.3, 0.4) is 0 Å². The fraction of sp³-hybridized carbons (Fsp3) is 0.600. The van der Waals surface area contributed by atoms with Gasteiger partial charge in [0.15, 0.2) is 0 Å². The zero-order valence-corrected chi connectivity index (χ0v) is 13.0. The van der Waals surface area contributed by atoms with Crippen molar-refractivity contribution in [2.75, 3.05) is 37.6 Å². The minimum atomic E-state index is -0.631. The molecule has 0 spiro atoms. The van der Waals surface area contributed by atoms with E-state index in [-0.39, 0.29) is 0 Å². The number of rotatable bonds is 4. The summed E-state index contributed by atoms with van der Waals surface area (Å²) in [5, 5.41) is 10.6. The molecule has 1 aromatic rings. The van der Waals surface area contributed by atoms with Gasteiger partial charge < -0.3 is 15.7 Å². The maximum absolute atomic E-state index is 9.86. The zero-order chi connectivity index (χ0) is 14.8. The van der Waals surface area contributed by atoms with Crippen LogP contribution in [0.15, 0.2) is 18.2 Å². The van der Waals surface area contributed by atoms with Crippen molar-refractivity contribution in [3.05, 3.63) is 28.8 Å². The summed E-state index contributed by atoms with van der Waals surface area (Å²) in [7, 11) is 0. The molecule has 0 aromatic heterocycles. The molecule has 0 amide bonds. The minimum absolute atomic E-state index is 0.471. The lowest BCUT2D eigenvalue weighted by atomic mass is 10.1. The highest BCUT2D eigenvalue weighted by molar-refractivity contribution is 6.31. The molecule has 20 heavy (non-hydrogen) atoms. The van der Waals surface area contributed by atoms with E-state index >= 15 is 0 Å². The van der Waals surface area contributed by atoms with Gasteiger partial charge in [0.2, 0.25) is 0 Å². The van der Waals surface area contributed by atoms with Gasteiger partial charge in [0.1, 0.15) is 0 Å². The second-order valence-corrected chi connectivity index (χ2v) is 6.46. The number of piperazine rings is 1. The van der Waals surface area contributed by atoms with Crippen molar-refractivity contribution in [3.63, 3.8) is 0 Å². The van der Waals surface area contributed by atoms with Crippen LogP contribution in [0.25, 0.3) is 0 Å². The van der Waals surface area contributed by atoms with E-state index in [2.05, 4.69) is 15.9 Å². The van der Waals surface area contributed by atoms with Crippen molar-refractivity contribution in [1.82, 2.24) is 4.90 Å². The van der Waals surface area contributed by atoms with Crippen LogP contribution in [-0.4, -0.2) is 48.3 Å². The van der Waals surface area contributed by atoms with Gasteiger partial charge in [0.05, 0.1) is 5.60 Å². The largest absolute Gasteiger partial charge is 0.389 e. The van der Waals surface area contributed by atoms with Gasteiger partial charge in [-0.05, 0) is 31.5 Å². The summed E-state index contributed by atoms with van der Waals surface area (Å²) in [6.07, 6.45) is 0. The highest BCUT2D eigenvalue weighted by atomic mass is 35.5. The van der Waals surface area contributed by atoms with E-state index in [4.69, 9.17) is 17.3 Å². The number of nitrogens with zero attached hydrogens (tertiary/aromatic N) is 2. The van der Waals surface area contributed by atoms with Crippen molar-refractivity contribution in [2.45, 2.75) is 26.0 Å². The number of aliphatic hydroxyl groups is 1. The summed E-state index contributed by atoms with van der Waals surface area (Å²) in [5.41, 5.74) is 7.13. The second-order valence-electron chi connectivity index (χ2n) is 6.06. The molecule has 2 rings (SSSR count). The van der Waals surface area contributed by atoms with E-state index in [0.29, 0.717) is 13.1 Å². The first-order valence-electron chi connectivity index (χ1n) is 7.07. The molecule has 4 nitrogen and oxygen atoms in total. The fourth-order valence-corrected chi connectivity index (χ4v) is 2.86. The monoisotopic (exact) mass is 297 g/mol. The van der Waals surface area contributed by atoms with Gasteiger partial charge in [-0.25, -0.2) is 0 Å². The van der Waals surface area contributed by atoms with Crippen molar-refractivity contribution in [1.29, 1.82) is 0 Å².